The van der Waals surface area contributed by atoms with Gasteiger partial charge < -0.3 is 5.11 Å². The molecule has 1 atom stereocenters. The van der Waals surface area contributed by atoms with Crippen molar-refractivity contribution in [1.82, 2.24) is 4.72 Å². The van der Waals surface area contributed by atoms with Crippen molar-refractivity contribution in [3.8, 4) is 0 Å². The summed E-state index contributed by atoms with van der Waals surface area (Å²) in [5.74, 6) is 0. The summed E-state index contributed by atoms with van der Waals surface area (Å²) in [5.41, 5.74) is 1.55. The number of aliphatic hydroxyl groups is 1. The van der Waals surface area contributed by atoms with Crippen molar-refractivity contribution in [2.75, 3.05) is 0 Å². The molecule has 0 aromatic heterocycles. The van der Waals surface area contributed by atoms with E-state index in [1.807, 2.05) is 6.92 Å². The normalized spacial score (nSPS) is 22.1. The van der Waals surface area contributed by atoms with E-state index >= 15 is 0 Å². The lowest BCUT2D eigenvalue weighted by Gasteiger charge is -2.27. The van der Waals surface area contributed by atoms with Gasteiger partial charge in [-0.2, -0.15) is 0 Å². The van der Waals surface area contributed by atoms with Crippen LogP contribution in [0.2, 0.25) is 0 Å². The second-order valence-corrected chi connectivity index (χ2v) is 8.02. The molecule has 20 heavy (non-hydrogen) atoms. The Kier molecular flexibility index (Phi) is 4.23. The number of sulfonamides is 1. The van der Waals surface area contributed by atoms with Crippen LogP contribution in [-0.4, -0.2) is 19.6 Å². The van der Waals surface area contributed by atoms with Crippen LogP contribution in [0.3, 0.4) is 0 Å². The number of hydrogen-bond acceptors (Lipinski definition) is 3. The van der Waals surface area contributed by atoms with Gasteiger partial charge in [0.15, 0.2) is 0 Å². The highest BCUT2D eigenvalue weighted by Crippen LogP contribution is 2.37. The Labute approximate surface area is 121 Å². The summed E-state index contributed by atoms with van der Waals surface area (Å²) in [4.78, 5) is 0.231. The van der Waals surface area contributed by atoms with Crippen molar-refractivity contribution in [2.45, 2.75) is 57.6 Å². The van der Waals surface area contributed by atoms with E-state index in [1.165, 1.54) is 0 Å². The maximum absolute atomic E-state index is 12.5. The van der Waals surface area contributed by atoms with Crippen LogP contribution in [0.25, 0.3) is 0 Å². The molecule has 1 aromatic rings. The van der Waals surface area contributed by atoms with Crippen molar-refractivity contribution < 1.29 is 13.5 Å². The van der Waals surface area contributed by atoms with Crippen LogP contribution < -0.4 is 4.72 Å². The molecule has 1 aliphatic carbocycles. The van der Waals surface area contributed by atoms with Crippen molar-refractivity contribution >= 4 is 10.0 Å². The summed E-state index contributed by atoms with van der Waals surface area (Å²) in [6.07, 6.45) is 2.97. The maximum atomic E-state index is 12.5. The van der Waals surface area contributed by atoms with E-state index < -0.39 is 10.0 Å². The Morgan fingerprint density at radius 1 is 1.40 bits per heavy atom. The predicted octanol–water partition coefficient (Wildman–Crippen LogP) is 2.34. The number of rotatable bonds is 4. The Balaban J connectivity index is 2.27. The van der Waals surface area contributed by atoms with Gasteiger partial charge in [0.25, 0.3) is 0 Å². The van der Waals surface area contributed by atoms with Crippen LogP contribution in [0.5, 0.6) is 0 Å². The first-order chi connectivity index (χ1) is 9.26. The van der Waals surface area contributed by atoms with Crippen LogP contribution in [0, 0.1) is 12.3 Å². The third kappa shape index (κ3) is 3.05. The Hall–Kier alpha value is -0.910. The molecule has 112 valence electrons. The summed E-state index contributed by atoms with van der Waals surface area (Å²) in [6, 6.07) is 4.87. The minimum atomic E-state index is -3.53. The number of nitrogens with one attached hydrogen (secondary N) is 1. The van der Waals surface area contributed by atoms with Crippen molar-refractivity contribution in [3.63, 3.8) is 0 Å². The highest BCUT2D eigenvalue weighted by molar-refractivity contribution is 7.89. The molecule has 0 spiro atoms. The molecule has 4 nitrogen and oxygen atoms in total. The average molecular weight is 297 g/mol. The molecule has 2 rings (SSSR count). The first-order valence-electron chi connectivity index (χ1n) is 6.99. The van der Waals surface area contributed by atoms with E-state index in [4.69, 9.17) is 0 Å². The van der Waals surface area contributed by atoms with Gasteiger partial charge in [0.2, 0.25) is 10.0 Å². The summed E-state index contributed by atoms with van der Waals surface area (Å²) >= 11 is 0. The third-order valence-electron chi connectivity index (χ3n) is 4.36. The fourth-order valence-corrected chi connectivity index (χ4v) is 4.28. The third-order valence-corrected chi connectivity index (χ3v) is 5.83. The lowest BCUT2D eigenvalue weighted by molar-refractivity contribution is 0.280. The van der Waals surface area contributed by atoms with Gasteiger partial charge in [-0.05, 0) is 48.4 Å². The zero-order chi connectivity index (χ0) is 15.0. The molecule has 2 N–H and O–H groups in total. The number of hydrogen-bond donors (Lipinski definition) is 2. The van der Waals surface area contributed by atoms with Gasteiger partial charge >= 0.3 is 0 Å². The van der Waals surface area contributed by atoms with Crippen LogP contribution in [0.4, 0.5) is 0 Å². The number of aryl methyl sites for hydroxylation is 1. The van der Waals surface area contributed by atoms with Gasteiger partial charge in [-0.1, -0.05) is 26.3 Å². The summed E-state index contributed by atoms with van der Waals surface area (Å²) in [5, 5.41) is 9.26. The second-order valence-electron chi connectivity index (χ2n) is 6.30. The number of benzene rings is 1. The fraction of sp³-hybridized carbons (Fsp3) is 0.600. The molecular weight excluding hydrogens is 274 g/mol. The monoisotopic (exact) mass is 297 g/mol. The zero-order valence-electron chi connectivity index (χ0n) is 12.3. The Morgan fingerprint density at radius 2 is 2.10 bits per heavy atom. The SMILES string of the molecule is Cc1ccc(S(=O)(=O)NC2CCCC2(C)C)cc1CO. The first-order valence-corrected chi connectivity index (χ1v) is 8.47. The van der Waals surface area contributed by atoms with E-state index in [0.29, 0.717) is 5.56 Å². The molecular formula is C15H23NO3S. The van der Waals surface area contributed by atoms with Gasteiger partial charge in [-0.3, -0.25) is 0 Å². The Morgan fingerprint density at radius 3 is 2.65 bits per heavy atom. The van der Waals surface area contributed by atoms with Crippen LogP contribution in [0.1, 0.15) is 44.2 Å². The van der Waals surface area contributed by atoms with E-state index in [2.05, 4.69) is 18.6 Å². The predicted molar refractivity (Wildman–Crippen MR) is 78.8 cm³/mol. The summed E-state index contributed by atoms with van der Waals surface area (Å²) in [7, 11) is -3.53. The molecule has 0 amide bonds. The second kappa shape index (κ2) is 5.47. The molecule has 1 unspecified atom stereocenters. The highest BCUT2D eigenvalue weighted by atomic mass is 32.2. The molecule has 0 aliphatic heterocycles. The lowest BCUT2D eigenvalue weighted by atomic mass is 9.88. The Bertz CT molecular complexity index is 593. The molecule has 1 saturated carbocycles. The van der Waals surface area contributed by atoms with Gasteiger partial charge in [0.05, 0.1) is 11.5 Å². The largest absolute Gasteiger partial charge is 0.392 e. The maximum Gasteiger partial charge on any atom is 0.240 e. The topological polar surface area (TPSA) is 66.4 Å². The van der Waals surface area contributed by atoms with E-state index in [1.54, 1.807) is 18.2 Å². The number of aliphatic hydroxyl groups excluding tert-OH is 1. The molecule has 0 heterocycles. The van der Waals surface area contributed by atoms with Gasteiger partial charge in [0.1, 0.15) is 0 Å². The average Bonchev–Trinajstić information content (AvgIpc) is 2.68. The minimum absolute atomic E-state index is 0.00241. The van der Waals surface area contributed by atoms with Gasteiger partial charge in [-0.15, -0.1) is 0 Å². The van der Waals surface area contributed by atoms with Crippen molar-refractivity contribution in [3.05, 3.63) is 29.3 Å². The van der Waals surface area contributed by atoms with Crippen LogP contribution >= 0.6 is 0 Å². The van der Waals surface area contributed by atoms with E-state index in [9.17, 15) is 13.5 Å². The van der Waals surface area contributed by atoms with Crippen LogP contribution in [-0.2, 0) is 16.6 Å². The molecule has 0 radical (unpaired) electrons. The first kappa shape index (κ1) is 15.5. The van der Waals surface area contributed by atoms with E-state index in [-0.39, 0.29) is 23.0 Å². The summed E-state index contributed by atoms with van der Waals surface area (Å²) < 4.78 is 27.7. The van der Waals surface area contributed by atoms with Gasteiger partial charge in [-0.25, -0.2) is 13.1 Å². The smallest absolute Gasteiger partial charge is 0.240 e. The summed E-state index contributed by atoms with van der Waals surface area (Å²) in [6.45, 7) is 5.91. The molecule has 5 heteroatoms. The van der Waals surface area contributed by atoms with E-state index in [0.717, 1.165) is 24.8 Å². The molecule has 1 aliphatic rings. The molecule has 1 fully saturated rings. The zero-order valence-corrected chi connectivity index (χ0v) is 13.1. The standard InChI is InChI=1S/C15H23NO3S/c1-11-6-7-13(9-12(11)10-17)20(18,19)16-14-5-4-8-15(14,2)3/h6-7,9,14,16-17H,4-5,8,10H2,1-3H3. The fourth-order valence-electron chi connectivity index (χ4n) is 2.79. The minimum Gasteiger partial charge on any atom is -0.392 e. The lowest BCUT2D eigenvalue weighted by Crippen LogP contribution is -2.41. The van der Waals surface area contributed by atoms with Crippen molar-refractivity contribution in [2.24, 2.45) is 5.41 Å². The molecule has 1 aromatic carbocycles. The van der Waals surface area contributed by atoms with Crippen LogP contribution in [0.15, 0.2) is 23.1 Å². The van der Waals surface area contributed by atoms with Crippen molar-refractivity contribution in [1.29, 1.82) is 0 Å². The highest BCUT2D eigenvalue weighted by Gasteiger charge is 2.37. The van der Waals surface area contributed by atoms with Gasteiger partial charge in [0, 0.05) is 6.04 Å². The quantitative estimate of drug-likeness (QED) is 0.896. The molecule has 0 bridgehead atoms. The molecule has 0 saturated heterocycles.